The van der Waals surface area contributed by atoms with Gasteiger partial charge in [0.05, 0.1) is 17.5 Å². The Morgan fingerprint density at radius 3 is 2.53 bits per heavy atom. The third-order valence-electron chi connectivity index (χ3n) is 5.52. The summed E-state index contributed by atoms with van der Waals surface area (Å²) in [5.74, 6) is 0.770. The van der Waals surface area contributed by atoms with Gasteiger partial charge in [-0.15, -0.1) is 0 Å². The lowest BCUT2D eigenvalue weighted by molar-refractivity contribution is -0.113. The molecule has 0 radical (unpaired) electrons. The van der Waals surface area contributed by atoms with Crippen molar-refractivity contribution in [2.45, 2.75) is 32.6 Å². The van der Waals surface area contributed by atoms with E-state index >= 15 is 0 Å². The maximum Gasteiger partial charge on any atom is 0.235 e. The molecule has 0 saturated carbocycles. The number of nitrogens with one attached hydrogen (secondary N) is 3. The molecule has 3 N–H and O–H groups in total. The van der Waals surface area contributed by atoms with Gasteiger partial charge in [0, 0.05) is 34.6 Å². The molecule has 0 aliphatic carbocycles. The van der Waals surface area contributed by atoms with Crippen LogP contribution in [0.5, 0.6) is 5.75 Å². The molecule has 4 aromatic rings. The minimum Gasteiger partial charge on any atom is -0.490 e. The quantitative estimate of drug-likeness (QED) is 0.223. The number of para-hydroxylation sites is 1. The highest BCUT2D eigenvalue weighted by molar-refractivity contribution is 9.09. The molecule has 34 heavy (non-hydrogen) atoms. The van der Waals surface area contributed by atoms with Crippen LogP contribution in [0.4, 0.5) is 5.69 Å². The van der Waals surface area contributed by atoms with Gasteiger partial charge >= 0.3 is 0 Å². The van der Waals surface area contributed by atoms with Crippen LogP contribution in [0.25, 0.3) is 21.8 Å². The molecule has 0 aliphatic rings. The molecular formula is C27H30BrN3O3. The van der Waals surface area contributed by atoms with Crippen molar-refractivity contribution in [3.8, 4) is 5.75 Å². The summed E-state index contributed by atoms with van der Waals surface area (Å²) in [5, 5.41) is 8.79. The standard InChI is InChI=1S/C27H30BrN3O3/c1-18(2)29-15-21(33-16-19-10-12-20(13-11-19)30-26(32)14-28)17-34-25-9-5-8-24-27(25)22-6-3-4-7-23(22)31-24/h3-13,18,21,29,31H,14-17H2,1-2H3,(H,30,32). The molecule has 4 rings (SSSR count). The molecule has 1 atom stereocenters. The first-order chi connectivity index (χ1) is 16.5. The third kappa shape index (κ3) is 6.17. The van der Waals surface area contributed by atoms with Crippen LogP contribution in [0.3, 0.4) is 0 Å². The summed E-state index contributed by atoms with van der Waals surface area (Å²) in [4.78, 5) is 15.0. The Balaban J connectivity index is 1.43. The zero-order valence-electron chi connectivity index (χ0n) is 19.4. The van der Waals surface area contributed by atoms with Gasteiger partial charge in [0.1, 0.15) is 18.5 Å². The third-order valence-corrected chi connectivity index (χ3v) is 6.02. The van der Waals surface area contributed by atoms with E-state index in [9.17, 15) is 4.79 Å². The first kappa shape index (κ1) is 24.3. The molecule has 0 aliphatic heterocycles. The Morgan fingerprint density at radius 2 is 1.76 bits per heavy atom. The number of benzene rings is 3. The molecular weight excluding hydrogens is 494 g/mol. The average Bonchev–Trinajstić information content (AvgIpc) is 3.23. The maximum atomic E-state index is 11.5. The van der Waals surface area contributed by atoms with Gasteiger partial charge in [-0.1, -0.05) is 66.2 Å². The number of ether oxygens (including phenoxy) is 2. The van der Waals surface area contributed by atoms with Crippen LogP contribution in [0, 0.1) is 0 Å². The molecule has 1 amide bonds. The molecule has 178 valence electrons. The lowest BCUT2D eigenvalue weighted by Crippen LogP contribution is -2.37. The van der Waals surface area contributed by atoms with Gasteiger partial charge in [0.15, 0.2) is 0 Å². The van der Waals surface area contributed by atoms with Crippen molar-refractivity contribution >= 4 is 49.3 Å². The summed E-state index contributed by atoms with van der Waals surface area (Å²) in [6.07, 6.45) is -0.129. The number of amides is 1. The first-order valence-corrected chi connectivity index (χ1v) is 12.6. The van der Waals surface area contributed by atoms with Crippen LogP contribution >= 0.6 is 15.9 Å². The van der Waals surface area contributed by atoms with Gasteiger partial charge in [-0.05, 0) is 35.9 Å². The van der Waals surface area contributed by atoms with E-state index in [1.54, 1.807) is 0 Å². The van der Waals surface area contributed by atoms with Crippen molar-refractivity contribution in [2.75, 3.05) is 23.8 Å². The highest BCUT2D eigenvalue weighted by atomic mass is 79.9. The lowest BCUT2D eigenvalue weighted by atomic mass is 10.1. The Hall–Kier alpha value is -2.87. The number of fused-ring (bicyclic) bond motifs is 3. The second-order valence-corrected chi connectivity index (χ2v) is 9.10. The minimum absolute atomic E-state index is 0.0776. The van der Waals surface area contributed by atoms with Crippen molar-refractivity contribution < 1.29 is 14.3 Å². The Kier molecular flexibility index (Phi) is 8.21. The second kappa shape index (κ2) is 11.5. The number of carbonyl (C=O) groups is 1. The molecule has 1 aromatic heterocycles. The van der Waals surface area contributed by atoms with E-state index in [-0.39, 0.29) is 17.3 Å². The first-order valence-electron chi connectivity index (χ1n) is 11.5. The van der Waals surface area contributed by atoms with Crippen molar-refractivity contribution in [3.63, 3.8) is 0 Å². The Morgan fingerprint density at radius 1 is 1.00 bits per heavy atom. The molecule has 6 nitrogen and oxygen atoms in total. The van der Waals surface area contributed by atoms with Crippen LogP contribution < -0.4 is 15.4 Å². The van der Waals surface area contributed by atoms with E-state index in [1.165, 1.54) is 0 Å². The number of rotatable bonds is 11. The number of aromatic amines is 1. The molecule has 1 unspecified atom stereocenters. The Bertz CT molecular complexity index is 1240. The summed E-state index contributed by atoms with van der Waals surface area (Å²) in [6.45, 7) is 5.80. The largest absolute Gasteiger partial charge is 0.490 e. The van der Waals surface area contributed by atoms with Crippen LogP contribution in [0.2, 0.25) is 0 Å². The van der Waals surface area contributed by atoms with Gasteiger partial charge in [0.25, 0.3) is 0 Å². The van der Waals surface area contributed by atoms with Gasteiger partial charge in [0.2, 0.25) is 5.91 Å². The van der Waals surface area contributed by atoms with Crippen molar-refractivity contribution in [1.82, 2.24) is 10.3 Å². The summed E-state index contributed by atoms with van der Waals surface area (Å²) in [6, 6.07) is 22.4. The van der Waals surface area contributed by atoms with Crippen molar-refractivity contribution in [3.05, 3.63) is 72.3 Å². The number of anilines is 1. The van der Waals surface area contributed by atoms with E-state index < -0.39 is 0 Å². The van der Waals surface area contributed by atoms with Gasteiger partial charge in [-0.2, -0.15) is 0 Å². The molecule has 1 heterocycles. The normalized spacial score (nSPS) is 12.4. The SMILES string of the molecule is CC(C)NCC(COc1cccc2[nH]c3ccccc3c12)OCc1ccc(NC(=O)CBr)cc1. The highest BCUT2D eigenvalue weighted by Gasteiger charge is 2.15. The molecule has 0 fully saturated rings. The number of aromatic nitrogens is 1. The number of H-pyrrole nitrogens is 1. The molecule has 3 aromatic carbocycles. The van der Waals surface area contributed by atoms with Gasteiger partial charge in [-0.3, -0.25) is 4.79 Å². The zero-order valence-corrected chi connectivity index (χ0v) is 21.0. The van der Waals surface area contributed by atoms with Gasteiger partial charge in [-0.25, -0.2) is 0 Å². The second-order valence-electron chi connectivity index (χ2n) is 8.53. The van der Waals surface area contributed by atoms with E-state index in [0.717, 1.165) is 38.8 Å². The fraction of sp³-hybridized carbons (Fsp3) is 0.296. The number of alkyl halides is 1. The Labute approximate surface area is 208 Å². The van der Waals surface area contributed by atoms with Crippen molar-refractivity contribution in [2.24, 2.45) is 0 Å². The van der Waals surface area contributed by atoms with E-state index in [2.05, 4.69) is 63.6 Å². The summed E-state index contributed by atoms with van der Waals surface area (Å²) >= 11 is 3.15. The van der Waals surface area contributed by atoms with Crippen molar-refractivity contribution in [1.29, 1.82) is 0 Å². The smallest absolute Gasteiger partial charge is 0.235 e. The highest BCUT2D eigenvalue weighted by Crippen LogP contribution is 2.33. The zero-order chi connectivity index (χ0) is 23.9. The predicted octanol–water partition coefficient (Wildman–Crippen LogP) is 5.62. The lowest BCUT2D eigenvalue weighted by Gasteiger charge is -2.21. The molecule has 0 spiro atoms. The predicted molar refractivity (Wildman–Crippen MR) is 142 cm³/mol. The van der Waals surface area contributed by atoms with Crippen LogP contribution in [0.1, 0.15) is 19.4 Å². The molecule has 0 bridgehead atoms. The van der Waals surface area contributed by atoms with Crippen LogP contribution in [0.15, 0.2) is 66.7 Å². The number of hydrogen-bond donors (Lipinski definition) is 3. The summed E-state index contributed by atoms with van der Waals surface area (Å²) in [7, 11) is 0. The fourth-order valence-corrected chi connectivity index (χ4v) is 3.94. The van der Waals surface area contributed by atoms with E-state index in [1.807, 2.05) is 48.5 Å². The topological polar surface area (TPSA) is 75.4 Å². The monoisotopic (exact) mass is 523 g/mol. The number of halogens is 1. The fourth-order valence-electron chi connectivity index (χ4n) is 3.80. The number of carbonyl (C=O) groups excluding carboxylic acids is 1. The minimum atomic E-state index is -0.129. The van der Waals surface area contributed by atoms with E-state index in [4.69, 9.17) is 9.47 Å². The van der Waals surface area contributed by atoms with Crippen LogP contribution in [-0.4, -0.2) is 41.5 Å². The average molecular weight is 524 g/mol. The summed E-state index contributed by atoms with van der Waals surface area (Å²) in [5.41, 5.74) is 3.95. The molecule has 0 saturated heterocycles. The maximum absolute atomic E-state index is 11.5. The summed E-state index contributed by atoms with van der Waals surface area (Å²) < 4.78 is 12.5. The number of hydrogen-bond acceptors (Lipinski definition) is 4. The van der Waals surface area contributed by atoms with Gasteiger partial charge < -0.3 is 25.1 Å². The van der Waals surface area contributed by atoms with E-state index in [0.29, 0.717) is 25.8 Å². The van der Waals surface area contributed by atoms with Crippen LogP contribution in [-0.2, 0) is 16.1 Å². The molecule has 7 heteroatoms.